The van der Waals surface area contributed by atoms with Gasteiger partial charge in [-0.15, -0.1) is 12.4 Å². The van der Waals surface area contributed by atoms with Gasteiger partial charge in [-0.2, -0.15) is 4.31 Å². The van der Waals surface area contributed by atoms with Crippen molar-refractivity contribution in [3.05, 3.63) is 29.6 Å². The molecule has 0 saturated carbocycles. The zero-order chi connectivity index (χ0) is 12.6. The lowest BCUT2D eigenvalue weighted by Crippen LogP contribution is -2.32. The molecule has 102 valence electrons. The van der Waals surface area contributed by atoms with Crippen molar-refractivity contribution in [3.63, 3.8) is 0 Å². The Labute approximate surface area is 112 Å². The fraction of sp³-hybridized carbons (Fsp3) is 0.455. The summed E-state index contributed by atoms with van der Waals surface area (Å²) in [6.45, 7) is 2.35. The number of rotatable bonds is 2. The predicted octanol–water partition coefficient (Wildman–Crippen LogP) is 1.28. The molecule has 0 spiro atoms. The normalized spacial score (nSPS) is 20.7. The van der Waals surface area contributed by atoms with Crippen LogP contribution in [0.15, 0.2) is 23.1 Å². The molecule has 0 radical (unpaired) electrons. The lowest BCUT2D eigenvalue weighted by atomic mass is 10.2. The molecule has 2 N–H and O–H groups in total. The van der Waals surface area contributed by atoms with Gasteiger partial charge >= 0.3 is 0 Å². The SMILES string of the molecule is Cc1cc(F)ccc1S(=O)(=O)N1CCC(N)C1.Cl. The number of hydrogen-bond donors (Lipinski definition) is 1. The van der Waals surface area contributed by atoms with Crippen molar-refractivity contribution in [2.75, 3.05) is 13.1 Å². The number of hydrogen-bond acceptors (Lipinski definition) is 3. The molecule has 0 aromatic heterocycles. The van der Waals surface area contributed by atoms with Gasteiger partial charge < -0.3 is 5.73 Å². The van der Waals surface area contributed by atoms with E-state index in [1.54, 1.807) is 6.92 Å². The number of sulfonamides is 1. The summed E-state index contributed by atoms with van der Waals surface area (Å²) in [6, 6.07) is 3.59. The summed E-state index contributed by atoms with van der Waals surface area (Å²) in [5.41, 5.74) is 6.12. The van der Waals surface area contributed by atoms with E-state index >= 15 is 0 Å². The fourth-order valence-corrected chi connectivity index (χ4v) is 3.73. The standard InChI is InChI=1S/C11H15FN2O2S.ClH/c1-8-6-9(12)2-3-11(8)17(15,16)14-5-4-10(13)7-14;/h2-3,6,10H,4-5,7,13H2,1H3;1H. The molecule has 1 aliphatic rings. The van der Waals surface area contributed by atoms with Crippen LogP contribution in [0.25, 0.3) is 0 Å². The minimum absolute atomic E-state index is 0. The van der Waals surface area contributed by atoms with Crippen molar-refractivity contribution in [1.29, 1.82) is 0 Å². The van der Waals surface area contributed by atoms with Gasteiger partial charge in [0.2, 0.25) is 10.0 Å². The third-order valence-electron chi connectivity index (χ3n) is 2.94. The van der Waals surface area contributed by atoms with Crippen molar-refractivity contribution in [2.45, 2.75) is 24.3 Å². The summed E-state index contributed by atoms with van der Waals surface area (Å²) >= 11 is 0. The topological polar surface area (TPSA) is 63.4 Å². The van der Waals surface area contributed by atoms with Crippen LogP contribution in [-0.2, 0) is 10.0 Å². The van der Waals surface area contributed by atoms with Gasteiger partial charge in [0.05, 0.1) is 4.90 Å². The van der Waals surface area contributed by atoms with Gasteiger partial charge in [0, 0.05) is 19.1 Å². The molecule has 18 heavy (non-hydrogen) atoms. The molecular formula is C11H16ClFN2O2S. The molecule has 1 fully saturated rings. The van der Waals surface area contributed by atoms with Crippen LogP contribution in [0.2, 0.25) is 0 Å². The van der Waals surface area contributed by atoms with Gasteiger partial charge in [-0.05, 0) is 37.1 Å². The number of nitrogens with two attached hydrogens (primary N) is 1. The second-order valence-electron chi connectivity index (χ2n) is 4.32. The summed E-state index contributed by atoms with van der Waals surface area (Å²) in [5, 5.41) is 0. The first-order valence-electron chi connectivity index (χ1n) is 5.43. The van der Waals surface area contributed by atoms with Gasteiger partial charge in [-0.25, -0.2) is 12.8 Å². The van der Waals surface area contributed by atoms with Crippen LogP contribution in [0, 0.1) is 12.7 Å². The quantitative estimate of drug-likeness (QED) is 0.894. The van der Waals surface area contributed by atoms with Crippen molar-refractivity contribution in [2.24, 2.45) is 5.73 Å². The van der Waals surface area contributed by atoms with Crippen molar-refractivity contribution in [1.82, 2.24) is 4.31 Å². The molecule has 1 heterocycles. The maximum atomic E-state index is 12.9. The Morgan fingerprint density at radius 1 is 1.44 bits per heavy atom. The molecule has 2 rings (SSSR count). The first kappa shape index (κ1) is 15.4. The minimum atomic E-state index is -3.53. The highest BCUT2D eigenvalue weighted by atomic mass is 35.5. The van der Waals surface area contributed by atoms with Crippen LogP contribution in [0.4, 0.5) is 4.39 Å². The van der Waals surface area contributed by atoms with Crippen LogP contribution < -0.4 is 5.73 Å². The van der Waals surface area contributed by atoms with Crippen molar-refractivity contribution in [3.8, 4) is 0 Å². The summed E-state index contributed by atoms with van der Waals surface area (Å²) in [4.78, 5) is 0.160. The number of nitrogens with zero attached hydrogens (tertiary/aromatic N) is 1. The van der Waals surface area contributed by atoms with E-state index in [0.717, 1.165) is 6.07 Å². The van der Waals surface area contributed by atoms with Crippen molar-refractivity contribution < 1.29 is 12.8 Å². The maximum Gasteiger partial charge on any atom is 0.243 e. The average molecular weight is 295 g/mol. The Balaban J connectivity index is 0.00000162. The monoisotopic (exact) mass is 294 g/mol. The van der Waals surface area contributed by atoms with Crippen LogP contribution in [0.5, 0.6) is 0 Å². The first-order valence-corrected chi connectivity index (χ1v) is 6.87. The lowest BCUT2D eigenvalue weighted by Gasteiger charge is -2.17. The smallest absolute Gasteiger partial charge is 0.243 e. The van der Waals surface area contributed by atoms with E-state index in [2.05, 4.69) is 0 Å². The highest BCUT2D eigenvalue weighted by Crippen LogP contribution is 2.23. The van der Waals surface area contributed by atoms with Gasteiger partial charge in [-0.1, -0.05) is 0 Å². The van der Waals surface area contributed by atoms with E-state index in [4.69, 9.17) is 5.73 Å². The summed E-state index contributed by atoms with van der Waals surface area (Å²) in [6.07, 6.45) is 0.666. The second kappa shape index (κ2) is 5.52. The Bertz CT molecular complexity index is 536. The summed E-state index contributed by atoms with van der Waals surface area (Å²) in [7, 11) is -3.53. The number of halogens is 2. The summed E-state index contributed by atoms with van der Waals surface area (Å²) < 4.78 is 38.8. The van der Waals surface area contributed by atoms with E-state index < -0.39 is 15.8 Å². The van der Waals surface area contributed by atoms with Crippen LogP contribution in [0.1, 0.15) is 12.0 Å². The molecule has 1 unspecified atom stereocenters. The van der Waals surface area contributed by atoms with Crippen LogP contribution >= 0.6 is 12.4 Å². The van der Waals surface area contributed by atoms with Gasteiger partial charge in [0.25, 0.3) is 0 Å². The lowest BCUT2D eigenvalue weighted by molar-refractivity contribution is 0.471. The Hall–Kier alpha value is -0.690. The minimum Gasteiger partial charge on any atom is -0.326 e. The predicted molar refractivity (Wildman–Crippen MR) is 69.7 cm³/mol. The molecule has 1 atom stereocenters. The number of benzene rings is 1. The molecule has 0 amide bonds. The molecule has 0 bridgehead atoms. The molecule has 1 aromatic carbocycles. The molecule has 7 heteroatoms. The molecule has 1 aliphatic heterocycles. The van der Waals surface area contributed by atoms with E-state index in [1.165, 1.54) is 16.4 Å². The number of aryl methyl sites for hydroxylation is 1. The van der Waals surface area contributed by atoms with E-state index in [9.17, 15) is 12.8 Å². The Morgan fingerprint density at radius 3 is 2.61 bits per heavy atom. The third-order valence-corrected chi connectivity index (χ3v) is 4.97. The van der Waals surface area contributed by atoms with E-state index in [1.807, 2.05) is 0 Å². The zero-order valence-corrected chi connectivity index (χ0v) is 11.6. The van der Waals surface area contributed by atoms with E-state index in [0.29, 0.717) is 25.1 Å². The molecular weight excluding hydrogens is 279 g/mol. The summed E-state index contributed by atoms with van der Waals surface area (Å²) in [5.74, 6) is -0.431. The maximum absolute atomic E-state index is 12.9. The highest BCUT2D eigenvalue weighted by molar-refractivity contribution is 7.89. The van der Waals surface area contributed by atoms with Crippen molar-refractivity contribution >= 4 is 22.4 Å². The molecule has 1 aromatic rings. The molecule has 1 saturated heterocycles. The zero-order valence-electron chi connectivity index (χ0n) is 9.97. The van der Waals surface area contributed by atoms with Gasteiger partial charge in [0.15, 0.2) is 0 Å². The second-order valence-corrected chi connectivity index (χ2v) is 6.23. The fourth-order valence-electron chi connectivity index (χ4n) is 2.01. The molecule has 4 nitrogen and oxygen atoms in total. The van der Waals surface area contributed by atoms with Crippen LogP contribution in [-0.4, -0.2) is 31.9 Å². The highest BCUT2D eigenvalue weighted by Gasteiger charge is 2.31. The van der Waals surface area contributed by atoms with Gasteiger partial charge in [-0.3, -0.25) is 0 Å². The first-order chi connectivity index (χ1) is 7.91. The third kappa shape index (κ3) is 2.83. The van der Waals surface area contributed by atoms with Gasteiger partial charge in [0.1, 0.15) is 5.82 Å². The van der Waals surface area contributed by atoms with Crippen LogP contribution in [0.3, 0.4) is 0 Å². The largest absolute Gasteiger partial charge is 0.326 e. The Kier molecular flexibility index (Phi) is 4.72. The van der Waals surface area contributed by atoms with E-state index in [-0.39, 0.29) is 23.3 Å². The average Bonchev–Trinajstić information content (AvgIpc) is 2.64. The molecule has 0 aliphatic carbocycles. The Morgan fingerprint density at radius 2 is 2.11 bits per heavy atom.